The van der Waals surface area contributed by atoms with Crippen molar-refractivity contribution in [2.45, 2.75) is 45.1 Å². The molecule has 9 nitrogen and oxygen atoms in total. The molecule has 0 atom stereocenters. The number of nitrogens with one attached hydrogen (secondary N) is 4. The van der Waals surface area contributed by atoms with Crippen LogP contribution in [0.5, 0.6) is 5.75 Å². The minimum atomic E-state index is 0.202. The van der Waals surface area contributed by atoms with E-state index < -0.39 is 0 Å². The minimum absolute atomic E-state index is 0.202. The predicted molar refractivity (Wildman–Crippen MR) is 133 cm³/mol. The summed E-state index contributed by atoms with van der Waals surface area (Å²) in [7, 11) is 1.66. The number of aromatic nitrogens is 3. The van der Waals surface area contributed by atoms with Crippen molar-refractivity contribution in [2.24, 2.45) is 0 Å². The summed E-state index contributed by atoms with van der Waals surface area (Å²) in [6.45, 7) is 2.36. The van der Waals surface area contributed by atoms with Crippen molar-refractivity contribution in [3.63, 3.8) is 0 Å². The second-order valence-electron chi connectivity index (χ2n) is 8.07. The zero-order chi connectivity index (χ0) is 23.4. The summed E-state index contributed by atoms with van der Waals surface area (Å²) in [5.74, 6) is 1.91. The molecular formula is C23H29ClN8O. The average molecular weight is 469 g/mol. The van der Waals surface area contributed by atoms with E-state index in [2.05, 4.69) is 15.7 Å². The molecule has 1 aliphatic carbocycles. The van der Waals surface area contributed by atoms with Crippen molar-refractivity contribution in [1.82, 2.24) is 19.5 Å². The van der Waals surface area contributed by atoms with E-state index >= 15 is 0 Å². The number of hydrogen-bond donors (Lipinski definition) is 4. The van der Waals surface area contributed by atoms with Crippen molar-refractivity contribution in [1.29, 1.82) is 10.8 Å². The minimum Gasteiger partial charge on any atom is -0.492 e. The molecule has 174 valence electrons. The van der Waals surface area contributed by atoms with Crippen LogP contribution in [0.4, 0.5) is 17.5 Å². The van der Waals surface area contributed by atoms with Crippen molar-refractivity contribution < 1.29 is 4.74 Å². The van der Waals surface area contributed by atoms with Crippen molar-refractivity contribution in [3.8, 4) is 5.75 Å². The molecule has 1 fully saturated rings. The molecule has 3 aromatic rings. The molecule has 0 unspecified atom stereocenters. The molecule has 1 saturated carbocycles. The van der Waals surface area contributed by atoms with Gasteiger partial charge in [-0.3, -0.25) is 10.8 Å². The van der Waals surface area contributed by atoms with Gasteiger partial charge in [-0.15, -0.1) is 5.10 Å². The maximum atomic E-state index is 8.25. The summed E-state index contributed by atoms with van der Waals surface area (Å²) in [5, 5.41) is 27.6. The van der Waals surface area contributed by atoms with Crippen LogP contribution in [-0.4, -0.2) is 51.4 Å². The van der Waals surface area contributed by atoms with Gasteiger partial charge in [-0.2, -0.15) is 4.98 Å². The molecule has 0 amide bonds. The van der Waals surface area contributed by atoms with Gasteiger partial charge in [0, 0.05) is 18.7 Å². The molecule has 2 aromatic heterocycles. The number of rotatable bonds is 8. The largest absolute Gasteiger partial charge is 0.492 e. The molecule has 0 saturated heterocycles. The van der Waals surface area contributed by atoms with E-state index in [1.165, 1.54) is 24.2 Å². The van der Waals surface area contributed by atoms with E-state index in [0.29, 0.717) is 40.8 Å². The molecule has 0 spiro atoms. The third-order valence-electron chi connectivity index (χ3n) is 5.76. The smallest absolute Gasteiger partial charge is 0.247 e. The van der Waals surface area contributed by atoms with Gasteiger partial charge in [0.05, 0.1) is 18.6 Å². The van der Waals surface area contributed by atoms with Crippen LogP contribution in [0.15, 0.2) is 30.3 Å². The van der Waals surface area contributed by atoms with E-state index in [-0.39, 0.29) is 5.84 Å². The van der Waals surface area contributed by atoms with Crippen molar-refractivity contribution >= 4 is 46.7 Å². The van der Waals surface area contributed by atoms with Crippen molar-refractivity contribution in [2.75, 3.05) is 24.3 Å². The first-order valence-corrected chi connectivity index (χ1v) is 11.6. The highest BCUT2D eigenvalue weighted by Crippen LogP contribution is 2.31. The predicted octanol–water partition coefficient (Wildman–Crippen LogP) is 5.13. The highest BCUT2D eigenvalue weighted by Gasteiger charge is 2.18. The first-order valence-electron chi connectivity index (χ1n) is 11.2. The van der Waals surface area contributed by atoms with Crippen LogP contribution in [0.25, 0.3) is 5.52 Å². The molecule has 0 aliphatic heterocycles. The topological polar surface area (TPSA) is 114 Å². The number of benzene rings is 1. The van der Waals surface area contributed by atoms with Gasteiger partial charge >= 0.3 is 0 Å². The van der Waals surface area contributed by atoms with E-state index in [0.717, 1.165) is 30.5 Å². The summed E-state index contributed by atoms with van der Waals surface area (Å²) in [5.41, 5.74) is 2.15. The van der Waals surface area contributed by atoms with Gasteiger partial charge in [0.1, 0.15) is 22.3 Å². The molecule has 4 N–H and O–H groups in total. The van der Waals surface area contributed by atoms with Gasteiger partial charge in [0.2, 0.25) is 5.95 Å². The van der Waals surface area contributed by atoms with Crippen LogP contribution >= 0.6 is 11.6 Å². The van der Waals surface area contributed by atoms with Crippen LogP contribution in [0, 0.1) is 10.8 Å². The van der Waals surface area contributed by atoms with Crippen molar-refractivity contribution in [3.05, 3.63) is 41.0 Å². The van der Waals surface area contributed by atoms with Crippen LogP contribution in [0.1, 0.15) is 44.6 Å². The summed E-state index contributed by atoms with van der Waals surface area (Å²) in [4.78, 5) is 6.18. The zero-order valence-electron chi connectivity index (χ0n) is 18.9. The number of fused-ring (bicyclic) bond motifs is 1. The first kappa shape index (κ1) is 22.8. The first-order chi connectivity index (χ1) is 16.0. The van der Waals surface area contributed by atoms with Crippen LogP contribution < -0.4 is 15.4 Å². The molecule has 0 bridgehead atoms. The summed E-state index contributed by atoms with van der Waals surface area (Å²) >= 11 is 6.39. The Bertz CT molecular complexity index is 1150. The van der Waals surface area contributed by atoms with E-state index in [1.54, 1.807) is 23.7 Å². The zero-order valence-corrected chi connectivity index (χ0v) is 19.6. The second-order valence-corrected chi connectivity index (χ2v) is 8.46. The number of anilines is 3. The lowest BCUT2D eigenvalue weighted by Gasteiger charge is -2.24. The monoisotopic (exact) mass is 468 g/mol. The van der Waals surface area contributed by atoms with Gasteiger partial charge in [-0.05, 0) is 50.1 Å². The molecule has 1 aromatic carbocycles. The fourth-order valence-corrected chi connectivity index (χ4v) is 4.19. The standard InChI is InChI=1S/C23H29ClN8O/c1-3-33-19-13-15(21(26)31(2)14-25)9-10-17(19)28-23-29-22(27-16-7-5-4-6-8-16)18-11-12-20(24)32(18)30-23/h9-14,16,25-26H,3-8H2,1-2H3,(H2,27,28,29,30). The lowest BCUT2D eigenvalue weighted by molar-refractivity contribution is 0.342. The normalized spacial score (nSPS) is 14.2. The van der Waals surface area contributed by atoms with Crippen LogP contribution in [0.3, 0.4) is 0 Å². The summed E-state index contributed by atoms with van der Waals surface area (Å²) < 4.78 is 7.49. The van der Waals surface area contributed by atoms with Crippen LogP contribution in [0.2, 0.25) is 5.15 Å². The number of nitrogens with zero attached hydrogens (tertiary/aromatic N) is 4. The summed E-state index contributed by atoms with van der Waals surface area (Å²) in [6.07, 6.45) is 7.07. The Balaban J connectivity index is 1.67. The molecule has 10 heteroatoms. The SMILES string of the molecule is CCOc1cc(C(=N)N(C)C=N)ccc1Nc1nc(NC2CCCCC2)c2ccc(Cl)n2n1. The molecule has 1 aliphatic rings. The lowest BCUT2D eigenvalue weighted by Crippen LogP contribution is -2.24. The molecule has 2 heterocycles. The number of ether oxygens (including phenoxy) is 1. The van der Waals surface area contributed by atoms with Gasteiger partial charge in [0.15, 0.2) is 5.82 Å². The Hall–Kier alpha value is -3.33. The Morgan fingerprint density at radius 2 is 2.06 bits per heavy atom. The van der Waals surface area contributed by atoms with E-state index in [4.69, 9.17) is 32.1 Å². The number of hydrogen-bond acceptors (Lipinski definition) is 7. The van der Waals surface area contributed by atoms with Gasteiger partial charge in [0.25, 0.3) is 0 Å². The molecule has 0 radical (unpaired) electrons. The second kappa shape index (κ2) is 10.1. The van der Waals surface area contributed by atoms with E-state index in [9.17, 15) is 0 Å². The lowest BCUT2D eigenvalue weighted by atomic mass is 9.95. The maximum Gasteiger partial charge on any atom is 0.247 e. The molecule has 33 heavy (non-hydrogen) atoms. The fourth-order valence-electron chi connectivity index (χ4n) is 4.00. The van der Waals surface area contributed by atoms with Gasteiger partial charge in [-0.1, -0.05) is 30.9 Å². The number of halogens is 1. The molecular weight excluding hydrogens is 440 g/mol. The highest BCUT2D eigenvalue weighted by atomic mass is 35.5. The Morgan fingerprint density at radius 1 is 1.27 bits per heavy atom. The Kier molecular flexibility index (Phi) is 6.98. The number of amidine groups is 1. The van der Waals surface area contributed by atoms with Crippen LogP contribution in [-0.2, 0) is 0 Å². The summed E-state index contributed by atoms with van der Waals surface area (Å²) in [6, 6.07) is 9.52. The third kappa shape index (κ3) is 5.03. The average Bonchev–Trinajstić information content (AvgIpc) is 3.21. The fraction of sp³-hybridized carbons (Fsp3) is 0.391. The Labute approximate surface area is 198 Å². The van der Waals surface area contributed by atoms with E-state index in [1.807, 2.05) is 25.1 Å². The van der Waals surface area contributed by atoms with Gasteiger partial charge < -0.3 is 20.3 Å². The van der Waals surface area contributed by atoms with Gasteiger partial charge in [-0.25, -0.2) is 4.52 Å². The quantitative estimate of drug-likeness (QED) is 0.269. The highest BCUT2D eigenvalue weighted by molar-refractivity contribution is 6.30. The molecule has 4 rings (SSSR count). The maximum absolute atomic E-state index is 8.25. The Morgan fingerprint density at radius 3 is 2.79 bits per heavy atom. The third-order valence-corrected chi connectivity index (χ3v) is 6.04.